The van der Waals surface area contributed by atoms with E-state index >= 15 is 0 Å². The summed E-state index contributed by atoms with van der Waals surface area (Å²) in [4.78, 5) is 16.3. The lowest BCUT2D eigenvalue weighted by atomic mass is 10.2. The van der Waals surface area contributed by atoms with Gasteiger partial charge in [0.1, 0.15) is 5.75 Å². The number of hydrogen-bond donors (Lipinski definition) is 1. The number of thiazole rings is 1. The van der Waals surface area contributed by atoms with E-state index in [0.29, 0.717) is 15.9 Å². The Bertz CT molecular complexity index is 805. The number of benzene rings is 2. The first-order valence-corrected chi connectivity index (χ1v) is 8.16. The Hall–Kier alpha value is -2.37. The quantitative estimate of drug-likeness (QED) is 0.742. The smallest absolute Gasteiger partial charge is 0.264 e. The highest BCUT2D eigenvalue weighted by molar-refractivity contribution is 7.14. The standard InChI is InChI=1S/C17H13ClN2O2S/c18-14-9-5-4-8-13(14)15-11-23-17(19-15)20-16(21)10-22-12-6-2-1-3-7-12/h1-9,11H,10H2,(H,19,20,21). The number of halogens is 1. The molecule has 1 heterocycles. The maximum atomic E-state index is 11.9. The van der Waals surface area contributed by atoms with Crippen LogP contribution in [0.4, 0.5) is 5.13 Å². The van der Waals surface area contributed by atoms with Gasteiger partial charge in [-0.3, -0.25) is 10.1 Å². The molecule has 0 radical (unpaired) electrons. The van der Waals surface area contributed by atoms with Crippen LogP contribution in [0.15, 0.2) is 60.0 Å². The van der Waals surface area contributed by atoms with Crippen LogP contribution in [-0.2, 0) is 4.79 Å². The van der Waals surface area contributed by atoms with Crippen molar-refractivity contribution in [3.05, 3.63) is 65.0 Å². The average Bonchev–Trinajstić information content (AvgIpc) is 3.02. The fourth-order valence-corrected chi connectivity index (χ4v) is 2.90. The van der Waals surface area contributed by atoms with Gasteiger partial charge in [-0.15, -0.1) is 11.3 Å². The normalized spacial score (nSPS) is 10.3. The van der Waals surface area contributed by atoms with Crippen LogP contribution >= 0.6 is 22.9 Å². The highest BCUT2D eigenvalue weighted by atomic mass is 35.5. The molecule has 0 bridgehead atoms. The van der Waals surface area contributed by atoms with Crippen LogP contribution in [0.25, 0.3) is 11.3 Å². The molecule has 3 aromatic rings. The van der Waals surface area contributed by atoms with E-state index in [1.807, 2.05) is 47.8 Å². The molecule has 0 aliphatic rings. The molecule has 0 spiro atoms. The number of carbonyl (C=O) groups is 1. The van der Waals surface area contributed by atoms with E-state index in [-0.39, 0.29) is 12.5 Å². The summed E-state index contributed by atoms with van der Waals surface area (Å²) in [5.41, 5.74) is 1.58. The van der Waals surface area contributed by atoms with Crippen molar-refractivity contribution in [3.8, 4) is 17.0 Å². The van der Waals surface area contributed by atoms with Gasteiger partial charge in [0.15, 0.2) is 11.7 Å². The first kappa shape index (κ1) is 15.5. The van der Waals surface area contributed by atoms with Gasteiger partial charge in [-0.05, 0) is 18.2 Å². The Labute approximate surface area is 142 Å². The van der Waals surface area contributed by atoms with Gasteiger partial charge in [-0.25, -0.2) is 4.98 Å². The number of rotatable bonds is 5. The van der Waals surface area contributed by atoms with Crippen molar-refractivity contribution < 1.29 is 9.53 Å². The van der Waals surface area contributed by atoms with Crippen molar-refractivity contribution >= 4 is 34.0 Å². The Kier molecular flexibility index (Phi) is 4.90. The summed E-state index contributed by atoms with van der Waals surface area (Å²) >= 11 is 7.49. The van der Waals surface area contributed by atoms with Crippen molar-refractivity contribution in [3.63, 3.8) is 0 Å². The van der Waals surface area contributed by atoms with Crippen LogP contribution in [0.2, 0.25) is 5.02 Å². The monoisotopic (exact) mass is 344 g/mol. The first-order valence-electron chi connectivity index (χ1n) is 6.90. The number of nitrogens with zero attached hydrogens (tertiary/aromatic N) is 1. The zero-order valence-corrected chi connectivity index (χ0v) is 13.6. The third-order valence-electron chi connectivity index (χ3n) is 3.01. The van der Waals surface area contributed by atoms with Crippen molar-refractivity contribution in [2.75, 3.05) is 11.9 Å². The molecule has 6 heteroatoms. The number of ether oxygens (including phenoxy) is 1. The van der Waals surface area contributed by atoms with Gasteiger partial charge in [0.25, 0.3) is 5.91 Å². The molecule has 23 heavy (non-hydrogen) atoms. The summed E-state index contributed by atoms with van der Waals surface area (Å²) < 4.78 is 5.39. The molecule has 3 rings (SSSR count). The number of amides is 1. The molecule has 4 nitrogen and oxygen atoms in total. The Morgan fingerprint density at radius 2 is 1.87 bits per heavy atom. The fourth-order valence-electron chi connectivity index (χ4n) is 1.94. The maximum Gasteiger partial charge on any atom is 0.264 e. The Morgan fingerprint density at radius 1 is 1.13 bits per heavy atom. The van der Waals surface area contributed by atoms with Crippen LogP contribution < -0.4 is 10.1 Å². The lowest BCUT2D eigenvalue weighted by Crippen LogP contribution is -2.20. The topological polar surface area (TPSA) is 51.2 Å². The van der Waals surface area contributed by atoms with E-state index in [0.717, 1.165) is 11.3 Å². The van der Waals surface area contributed by atoms with Crippen LogP contribution in [0, 0.1) is 0 Å². The molecular weight excluding hydrogens is 332 g/mol. The van der Waals surface area contributed by atoms with Crippen LogP contribution in [0.5, 0.6) is 5.75 Å². The lowest BCUT2D eigenvalue weighted by Gasteiger charge is -2.05. The van der Waals surface area contributed by atoms with Crippen molar-refractivity contribution in [1.29, 1.82) is 0 Å². The van der Waals surface area contributed by atoms with Crippen molar-refractivity contribution in [2.24, 2.45) is 0 Å². The van der Waals surface area contributed by atoms with E-state index in [1.165, 1.54) is 11.3 Å². The molecule has 2 aromatic carbocycles. The molecule has 1 aromatic heterocycles. The number of anilines is 1. The van der Waals surface area contributed by atoms with Crippen LogP contribution in [0.1, 0.15) is 0 Å². The predicted molar refractivity (Wildman–Crippen MR) is 93.1 cm³/mol. The number of nitrogens with one attached hydrogen (secondary N) is 1. The SMILES string of the molecule is O=C(COc1ccccc1)Nc1nc(-c2ccccc2Cl)cs1. The van der Waals surface area contributed by atoms with Gasteiger partial charge in [-0.1, -0.05) is 48.0 Å². The summed E-state index contributed by atoms with van der Waals surface area (Å²) in [6.45, 7) is -0.0645. The second-order valence-electron chi connectivity index (χ2n) is 4.67. The van der Waals surface area contributed by atoms with Gasteiger partial charge in [0.2, 0.25) is 0 Å². The summed E-state index contributed by atoms with van der Waals surface area (Å²) in [5.74, 6) is 0.396. The minimum absolute atomic E-state index is 0.0645. The number of carbonyl (C=O) groups excluding carboxylic acids is 1. The molecule has 0 unspecified atom stereocenters. The number of para-hydroxylation sites is 1. The molecular formula is C17H13ClN2O2S. The van der Waals surface area contributed by atoms with E-state index in [9.17, 15) is 4.79 Å². The molecule has 1 amide bonds. The number of aromatic nitrogens is 1. The molecule has 0 fully saturated rings. The number of hydrogen-bond acceptors (Lipinski definition) is 4. The van der Waals surface area contributed by atoms with Crippen molar-refractivity contribution in [1.82, 2.24) is 4.98 Å². The van der Waals surface area contributed by atoms with E-state index in [4.69, 9.17) is 16.3 Å². The minimum Gasteiger partial charge on any atom is -0.484 e. The molecule has 0 saturated heterocycles. The van der Waals surface area contributed by atoms with Crippen LogP contribution in [0.3, 0.4) is 0 Å². The van der Waals surface area contributed by atoms with E-state index in [1.54, 1.807) is 12.1 Å². The third-order valence-corrected chi connectivity index (χ3v) is 4.10. The van der Waals surface area contributed by atoms with Gasteiger partial charge < -0.3 is 4.74 Å². The zero-order chi connectivity index (χ0) is 16.1. The zero-order valence-electron chi connectivity index (χ0n) is 12.0. The second kappa shape index (κ2) is 7.26. The summed E-state index contributed by atoms with van der Waals surface area (Å²) in [6, 6.07) is 16.6. The van der Waals surface area contributed by atoms with Gasteiger partial charge >= 0.3 is 0 Å². The maximum absolute atomic E-state index is 11.9. The molecule has 116 valence electrons. The largest absolute Gasteiger partial charge is 0.484 e. The molecule has 0 atom stereocenters. The summed E-state index contributed by atoms with van der Waals surface area (Å²) in [7, 11) is 0. The van der Waals surface area contributed by atoms with Gasteiger partial charge in [-0.2, -0.15) is 0 Å². The third kappa shape index (κ3) is 4.09. The van der Waals surface area contributed by atoms with Gasteiger partial charge in [0, 0.05) is 16.0 Å². The lowest BCUT2D eigenvalue weighted by molar-refractivity contribution is -0.118. The predicted octanol–water partition coefficient (Wildman–Crippen LogP) is 4.48. The highest BCUT2D eigenvalue weighted by Crippen LogP contribution is 2.30. The van der Waals surface area contributed by atoms with Crippen molar-refractivity contribution in [2.45, 2.75) is 0 Å². The Balaban J connectivity index is 1.61. The van der Waals surface area contributed by atoms with E-state index < -0.39 is 0 Å². The second-order valence-corrected chi connectivity index (χ2v) is 5.93. The van der Waals surface area contributed by atoms with E-state index in [2.05, 4.69) is 10.3 Å². The average molecular weight is 345 g/mol. The molecule has 0 aliphatic heterocycles. The highest BCUT2D eigenvalue weighted by Gasteiger charge is 2.10. The summed E-state index contributed by atoms with van der Waals surface area (Å²) in [5, 5.41) is 5.72. The fraction of sp³-hybridized carbons (Fsp3) is 0.0588. The van der Waals surface area contributed by atoms with Gasteiger partial charge in [0.05, 0.1) is 5.69 Å². The summed E-state index contributed by atoms with van der Waals surface area (Å²) in [6.07, 6.45) is 0. The first-order chi connectivity index (χ1) is 11.2. The Morgan fingerprint density at radius 3 is 2.65 bits per heavy atom. The van der Waals surface area contributed by atoms with Crippen LogP contribution in [-0.4, -0.2) is 17.5 Å². The molecule has 0 saturated carbocycles. The molecule has 1 N–H and O–H groups in total. The molecule has 0 aliphatic carbocycles. The minimum atomic E-state index is -0.256.